The van der Waals surface area contributed by atoms with Gasteiger partial charge in [-0.3, -0.25) is 9.20 Å². The molecule has 3 heterocycles. The lowest BCUT2D eigenvalue weighted by molar-refractivity contribution is -0.121. The molecule has 0 aromatic carbocycles. The second kappa shape index (κ2) is 6.49. The van der Waals surface area contributed by atoms with E-state index in [0.717, 1.165) is 24.3 Å². The molecule has 0 spiro atoms. The molecule has 0 atom stereocenters. The summed E-state index contributed by atoms with van der Waals surface area (Å²) < 4.78 is 1.88. The number of hydrogen-bond donors (Lipinski definition) is 1. The van der Waals surface area contributed by atoms with Crippen molar-refractivity contribution in [2.75, 3.05) is 0 Å². The van der Waals surface area contributed by atoms with Crippen molar-refractivity contribution in [2.24, 2.45) is 0 Å². The number of nitrogens with zero attached hydrogens (tertiary/aromatic N) is 3. The molecule has 0 bridgehead atoms. The number of pyridine rings is 1. The molecule has 0 aliphatic rings. The van der Waals surface area contributed by atoms with Crippen LogP contribution in [0.15, 0.2) is 41.9 Å². The number of hydrogen-bond acceptors (Lipinski definition) is 4. The van der Waals surface area contributed by atoms with Gasteiger partial charge in [0.2, 0.25) is 5.91 Å². The van der Waals surface area contributed by atoms with Crippen molar-refractivity contribution < 1.29 is 4.79 Å². The Morgan fingerprint density at radius 3 is 3.05 bits per heavy atom. The third-order valence-corrected chi connectivity index (χ3v) is 4.17. The van der Waals surface area contributed by atoms with Crippen molar-refractivity contribution >= 4 is 22.9 Å². The van der Waals surface area contributed by atoms with Gasteiger partial charge >= 0.3 is 0 Å². The van der Waals surface area contributed by atoms with E-state index in [-0.39, 0.29) is 5.91 Å². The van der Waals surface area contributed by atoms with Gasteiger partial charge in [-0.1, -0.05) is 12.1 Å². The van der Waals surface area contributed by atoms with Crippen LogP contribution in [0.1, 0.15) is 23.5 Å². The van der Waals surface area contributed by atoms with Crippen molar-refractivity contribution in [2.45, 2.75) is 25.8 Å². The van der Waals surface area contributed by atoms with Gasteiger partial charge in [0.25, 0.3) is 0 Å². The summed E-state index contributed by atoms with van der Waals surface area (Å²) in [4.78, 5) is 13.2. The fourth-order valence-electron chi connectivity index (χ4n) is 2.16. The number of aryl methyl sites for hydroxylation is 1. The van der Waals surface area contributed by atoms with Crippen LogP contribution in [0.25, 0.3) is 5.65 Å². The average Bonchev–Trinajstić information content (AvgIpc) is 3.14. The summed E-state index contributed by atoms with van der Waals surface area (Å²) in [7, 11) is 0. The Morgan fingerprint density at radius 1 is 1.24 bits per heavy atom. The summed E-state index contributed by atoms with van der Waals surface area (Å²) in [6.45, 7) is 0.406. The van der Waals surface area contributed by atoms with E-state index < -0.39 is 0 Å². The summed E-state index contributed by atoms with van der Waals surface area (Å²) in [6, 6.07) is 9.86. The average molecular weight is 300 g/mol. The van der Waals surface area contributed by atoms with Gasteiger partial charge in [0.05, 0.1) is 6.54 Å². The maximum Gasteiger partial charge on any atom is 0.220 e. The quantitative estimate of drug-likeness (QED) is 0.760. The van der Waals surface area contributed by atoms with E-state index in [2.05, 4.69) is 27.0 Å². The van der Waals surface area contributed by atoms with Crippen LogP contribution in [0, 0.1) is 0 Å². The Kier molecular flexibility index (Phi) is 4.25. The third-order valence-electron chi connectivity index (χ3n) is 3.24. The molecule has 0 radical (unpaired) electrons. The Morgan fingerprint density at radius 2 is 2.19 bits per heavy atom. The second-order valence-electron chi connectivity index (χ2n) is 4.75. The molecule has 5 nitrogen and oxygen atoms in total. The van der Waals surface area contributed by atoms with Gasteiger partial charge in [-0.15, -0.1) is 21.5 Å². The number of rotatable bonds is 6. The van der Waals surface area contributed by atoms with Crippen LogP contribution in [0.5, 0.6) is 0 Å². The van der Waals surface area contributed by atoms with Crippen molar-refractivity contribution in [3.05, 3.63) is 52.6 Å². The Bertz CT molecular complexity index is 720. The molecule has 1 amide bonds. The molecule has 6 heteroatoms. The highest BCUT2D eigenvalue weighted by molar-refractivity contribution is 7.09. The largest absolute Gasteiger partial charge is 0.349 e. The highest BCUT2D eigenvalue weighted by atomic mass is 32.1. The first-order chi connectivity index (χ1) is 10.3. The first kappa shape index (κ1) is 13.8. The lowest BCUT2D eigenvalue weighted by Gasteiger charge is -2.04. The van der Waals surface area contributed by atoms with Gasteiger partial charge < -0.3 is 5.32 Å². The number of amides is 1. The highest BCUT2D eigenvalue weighted by Crippen LogP contribution is 2.11. The number of thiophene rings is 1. The van der Waals surface area contributed by atoms with Crippen molar-refractivity contribution in [1.29, 1.82) is 0 Å². The summed E-state index contributed by atoms with van der Waals surface area (Å²) in [5.41, 5.74) is 0.791. The van der Waals surface area contributed by atoms with E-state index in [1.165, 1.54) is 4.88 Å². The van der Waals surface area contributed by atoms with Gasteiger partial charge in [-0.2, -0.15) is 0 Å². The van der Waals surface area contributed by atoms with Gasteiger partial charge in [-0.05, 0) is 36.4 Å². The molecule has 21 heavy (non-hydrogen) atoms. The van der Waals surface area contributed by atoms with E-state index in [4.69, 9.17) is 0 Å². The van der Waals surface area contributed by atoms with Crippen LogP contribution >= 0.6 is 11.3 Å². The minimum atomic E-state index is 0.0548. The summed E-state index contributed by atoms with van der Waals surface area (Å²) in [6.07, 6.45) is 4.26. The van der Waals surface area contributed by atoms with E-state index in [1.54, 1.807) is 11.3 Å². The van der Waals surface area contributed by atoms with Crippen molar-refractivity contribution in [3.8, 4) is 0 Å². The lowest BCUT2D eigenvalue weighted by Crippen LogP contribution is -2.23. The molecule has 0 saturated carbocycles. The van der Waals surface area contributed by atoms with Gasteiger partial charge in [0.1, 0.15) is 0 Å². The molecule has 3 rings (SSSR count). The van der Waals surface area contributed by atoms with Crippen LogP contribution in [0.2, 0.25) is 0 Å². The number of aromatic nitrogens is 3. The lowest BCUT2D eigenvalue weighted by atomic mass is 10.2. The van der Waals surface area contributed by atoms with Crippen molar-refractivity contribution in [3.63, 3.8) is 0 Å². The maximum absolute atomic E-state index is 11.8. The second-order valence-corrected chi connectivity index (χ2v) is 5.79. The molecule has 0 fully saturated rings. The summed E-state index contributed by atoms with van der Waals surface area (Å²) in [5.74, 6) is 0.802. The van der Waals surface area contributed by atoms with Gasteiger partial charge in [-0.25, -0.2) is 0 Å². The minimum absolute atomic E-state index is 0.0548. The van der Waals surface area contributed by atoms with Crippen molar-refractivity contribution in [1.82, 2.24) is 19.9 Å². The maximum atomic E-state index is 11.8. The molecular weight excluding hydrogens is 284 g/mol. The predicted molar refractivity (Wildman–Crippen MR) is 82.1 cm³/mol. The number of fused-ring (bicyclic) bond motifs is 1. The molecule has 0 aliphatic carbocycles. The highest BCUT2D eigenvalue weighted by Gasteiger charge is 2.07. The number of carbonyl (C=O) groups is 1. The molecule has 3 aromatic rings. The Balaban J connectivity index is 1.47. The Hall–Kier alpha value is -2.21. The Labute approximate surface area is 126 Å². The van der Waals surface area contributed by atoms with Crippen LogP contribution in [0.4, 0.5) is 0 Å². The SMILES string of the molecule is O=C(CCCc1cccs1)NCc1nnc2ccccn12. The topological polar surface area (TPSA) is 59.3 Å². The van der Waals surface area contributed by atoms with Crippen LogP contribution in [-0.2, 0) is 17.8 Å². The first-order valence-corrected chi connectivity index (χ1v) is 7.78. The van der Waals surface area contributed by atoms with E-state index >= 15 is 0 Å². The van der Waals surface area contributed by atoms with Crippen LogP contribution < -0.4 is 5.32 Å². The van der Waals surface area contributed by atoms with Crippen LogP contribution in [0.3, 0.4) is 0 Å². The molecule has 0 unspecified atom stereocenters. The first-order valence-electron chi connectivity index (χ1n) is 6.90. The zero-order valence-electron chi connectivity index (χ0n) is 11.5. The number of nitrogens with one attached hydrogen (secondary N) is 1. The molecule has 0 aliphatic heterocycles. The van der Waals surface area contributed by atoms with Gasteiger partial charge in [0.15, 0.2) is 11.5 Å². The molecule has 0 saturated heterocycles. The molecule has 108 valence electrons. The number of carbonyl (C=O) groups excluding carboxylic acids is 1. The van der Waals surface area contributed by atoms with E-state index in [1.807, 2.05) is 34.9 Å². The van der Waals surface area contributed by atoms with E-state index in [9.17, 15) is 4.79 Å². The summed E-state index contributed by atoms with van der Waals surface area (Å²) in [5, 5.41) is 13.1. The summed E-state index contributed by atoms with van der Waals surface area (Å²) >= 11 is 1.73. The molecule has 3 aromatic heterocycles. The molecule has 1 N–H and O–H groups in total. The fraction of sp³-hybridized carbons (Fsp3) is 0.267. The van der Waals surface area contributed by atoms with Gasteiger partial charge in [0, 0.05) is 17.5 Å². The zero-order chi connectivity index (χ0) is 14.5. The van der Waals surface area contributed by atoms with Crippen LogP contribution in [-0.4, -0.2) is 20.5 Å². The monoisotopic (exact) mass is 300 g/mol. The predicted octanol–water partition coefficient (Wildman–Crippen LogP) is 2.43. The smallest absolute Gasteiger partial charge is 0.220 e. The normalized spacial score (nSPS) is 10.9. The van der Waals surface area contributed by atoms with E-state index in [0.29, 0.717) is 13.0 Å². The zero-order valence-corrected chi connectivity index (χ0v) is 12.3. The minimum Gasteiger partial charge on any atom is -0.349 e. The third kappa shape index (κ3) is 3.46. The fourth-order valence-corrected chi connectivity index (χ4v) is 2.91. The standard InChI is InChI=1S/C15H16N4OS/c20-15(8-3-5-12-6-4-10-21-12)16-11-14-18-17-13-7-1-2-9-19(13)14/h1-2,4,6-7,9-10H,3,5,8,11H2,(H,16,20). The molecular formula is C15H16N4OS.